The van der Waals surface area contributed by atoms with E-state index in [1.54, 1.807) is 19.9 Å². The first kappa shape index (κ1) is 15.5. The van der Waals surface area contributed by atoms with E-state index in [2.05, 4.69) is 5.32 Å². The van der Waals surface area contributed by atoms with Gasteiger partial charge in [-0.2, -0.15) is 0 Å². The van der Waals surface area contributed by atoms with E-state index in [4.69, 9.17) is 23.1 Å². The fraction of sp³-hybridized carbons (Fsp3) is 0.273. The number of benzene rings is 1. The first-order valence-corrected chi connectivity index (χ1v) is 7.25. The summed E-state index contributed by atoms with van der Waals surface area (Å²) in [5.41, 5.74) is 4.75. The van der Waals surface area contributed by atoms with Crippen molar-refractivity contribution in [3.63, 3.8) is 0 Å². The summed E-state index contributed by atoms with van der Waals surface area (Å²) in [5.74, 6) is -0.424. The molecule has 0 aliphatic carbocycles. The molecule has 0 spiro atoms. The first-order valence-electron chi connectivity index (χ1n) is 5.29. The van der Waals surface area contributed by atoms with Gasteiger partial charge in [-0.15, -0.1) is 0 Å². The maximum atomic E-state index is 12.0. The second-order valence-corrected chi connectivity index (χ2v) is 6.52. The van der Waals surface area contributed by atoms with Crippen LogP contribution in [0.15, 0.2) is 29.2 Å². The minimum atomic E-state index is -3.81. The van der Waals surface area contributed by atoms with Gasteiger partial charge in [-0.1, -0.05) is 18.3 Å². The molecule has 0 fully saturated rings. The molecule has 0 radical (unpaired) electrons. The van der Waals surface area contributed by atoms with Crippen molar-refractivity contribution in [2.45, 2.75) is 18.7 Å². The Kier molecular flexibility index (Phi) is 4.28. The highest BCUT2D eigenvalue weighted by Crippen LogP contribution is 2.20. The summed E-state index contributed by atoms with van der Waals surface area (Å²) < 4.78 is 22.4. The van der Waals surface area contributed by atoms with Crippen molar-refractivity contribution >= 4 is 38.8 Å². The van der Waals surface area contributed by atoms with E-state index in [0.29, 0.717) is 5.69 Å². The van der Waals surface area contributed by atoms with E-state index in [1.807, 2.05) is 0 Å². The molecule has 0 saturated heterocycles. The van der Waals surface area contributed by atoms with Gasteiger partial charge in [-0.25, -0.2) is 13.6 Å². The van der Waals surface area contributed by atoms with Crippen LogP contribution in [0.5, 0.6) is 0 Å². The summed E-state index contributed by atoms with van der Waals surface area (Å²) in [4.78, 5) is 11.9. The Morgan fingerprint density at radius 2 is 1.95 bits per heavy atom. The molecule has 6 nitrogen and oxygen atoms in total. The van der Waals surface area contributed by atoms with Crippen LogP contribution in [0.3, 0.4) is 0 Å². The van der Waals surface area contributed by atoms with E-state index in [9.17, 15) is 13.2 Å². The summed E-state index contributed by atoms with van der Waals surface area (Å²) in [6, 6.07) is 5.62. The van der Waals surface area contributed by atoms with Crippen molar-refractivity contribution in [1.29, 1.82) is 0 Å². The lowest BCUT2D eigenvalue weighted by atomic mass is 9.92. The fourth-order valence-electron chi connectivity index (χ4n) is 1.15. The number of carbonyl (C=O) groups is 1. The van der Waals surface area contributed by atoms with Crippen LogP contribution in [0.4, 0.5) is 5.69 Å². The summed E-state index contributed by atoms with van der Waals surface area (Å²) in [5, 5.41) is 7.56. The standard InChI is InChI=1S/C11H15N3O3S2/c1-11(2,9(12)18)10(15)14-7-4-3-5-8(6-7)19(13,16)17/h3-6H,1-2H3,(H2,12,18)(H,14,15)(H2,13,16,17). The van der Waals surface area contributed by atoms with Crippen LogP contribution in [0.25, 0.3) is 0 Å². The van der Waals surface area contributed by atoms with Crippen LogP contribution < -0.4 is 16.2 Å². The molecule has 1 amide bonds. The Bertz CT molecular complexity index is 624. The minimum absolute atomic E-state index is 0.0487. The molecule has 1 rings (SSSR count). The lowest BCUT2D eigenvalue weighted by Gasteiger charge is -2.22. The fourth-order valence-corrected chi connectivity index (χ4v) is 1.80. The first-order chi connectivity index (χ1) is 8.55. The van der Waals surface area contributed by atoms with E-state index >= 15 is 0 Å². The third-order valence-corrected chi connectivity index (χ3v) is 4.03. The van der Waals surface area contributed by atoms with E-state index < -0.39 is 21.3 Å². The maximum absolute atomic E-state index is 12.0. The molecule has 5 N–H and O–H groups in total. The number of sulfonamides is 1. The molecule has 8 heteroatoms. The van der Waals surface area contributed by atoms with Crippen LogP contribution in [-0.2, 0) is 14.8 Å². The van der Waals surface area contributed by atoms with Crippen molar-refractivity contribution in [2.24, 2.45) is 16.3 Å². The Morgan fingerprint density at radius 3 is 2.42 bits per heavy atom. The zero-order valence-corrected chi connectivity index (χ0v) is 12.1. The number of anilines is 1. The van der Waals surface area contributed by atoms with Crippen molar-refractivity contribution in [3.05, 3.63) is 24.3 Å². The quantitative estimate of drug-likeness (QED) is 0.704. The molecule has 0 aromatic heterocycles. The molecule has 0 atom stereocenters. The van der Waals surface area contributed by atoms with Crippen LogP contribution in [0, 0.1) is 5.41 Å². The number of carbonyl (C=O) groups excluding carboxylic acids is 1. The van der Waals surface area contributed by atoms with Gasteiger partial charge in [0.25, 0.3) is 0 Å². The van der Waals surface area contributed by atoms with Crippen LogP contribution in [0.2, 0.25) is 0 Å². The zero-order valence-electron chi connectivity index (χ0n) is 10.5. The molecule has 1 aromatic rings. The van der Waals surface area contributed by atoms with Gasteiger partial charge in [-0.3, -0.25) is 4.79 Å². The van der Waals surface area contributed by atoms with Crippen molar-refractivity contribution in [2.75, 3.05) is 5.32 Å². The third kappa shape index (κ3) is 3.72. The molecule has 0 bridgehead atoms. The van der Waals surface area contributed by atoms with Gasteiger partial charge < -0.3 is 11.1 Å². The summed E-state index contributed by atoms with van der Waals surface area (Å²) in [6.07, 6.45) is 0. The lowest BCUT2D eigenvalue weighted by molar-refractivity contribution is -0.121. The molecule has 0 unspecified atom stereocenters. The summed E-state index contributed by atoms with van der Waals surface area (Å²) in [6.45, 7) is 3.16. The van der Waals surface area contributed by atoms with E-state index in [1.165, 1.54) is 18.2 Å². The van der Waals surface area contributed by atoms with Gasteiger partial charge in [0.1, 0.15) is 0 Å². The van der Waals surface area contributed by atoms with E-state index in [-0.39, 0.29) is 9.88 Å². The van der Waals surface area contributed by atoms with Crippen molar-refractivity contribution in [1.82, 2.24) is 0 Å². The van der Waals surface area contributed by atoms with E-state index in [0.717, 1.165) is 0 Å². The molecule has 0 aliphatic rings. The highest BCUT2D eigenvalue weighted by Gasteiger charge is 2.31. The SMILES string of the molecule is CC(C)(C(=O)Nc1cccc(S(N)(=O)=O)c1)C(N)=S. The third-order valence-electron chi connectivity index (χ3n) is 2.60. The van der Waals surface area contributed by atoms with Crippen molar-refractivity contribution < 1.29 is 13.2 Å². The monoisotopic (exact) mass is 301 g/mol. The number of amides is 1. The smallest absolute Gasteiger partial charge is 0.238 e. The molecule has 0 saturated carbocycles. The number of nitrogens with one attached hydrogen (secondary N) is 1. The Morgan fingerprint density at radius 1 is 1.37 bits per heavy atom. The number of nitrogens with two attached hydrogens (primary N) is 2. The number of rotatable bonds is 4. The number of primary sulfonamides is 1. The average Bonchev–Trinajstić information content (AvgIpc) is 2.27. The van der Waals surface area contributed by atoms with Crippen LogP contribution in [0.1, 0.15) is 13.8 Å². The molecular formula is C11H15N3O3S2. The molecular weight excluding hydrogens is 286 g/mol. The normalized spacial score (nSPS) is 11.9. The van der Waals surface area contributed by atoms with Gasteiger partial charge in [-0.05, 0) is 32.0 Å². The Hall–Kier alpha value is -1.51. The molecule has 19 heavy (non-hydrogen) atoms. The maximum Gasteiger partial charge on any atom is 0.238 e. The highest BCUT2D eigenvalue weighted by atomic mass is 32.2. The number of hydrogen-bond acceptors (Lipinski definition) is 4. The zero-order chi connectivity index (χ0) is 14.8. The molecule has 104 valence electrons. The summed E-state index contributed by atoms with van der Waals surface area (Å²) in [7, 11) is -3.81. The second kappa shape index (κ2) is 5.24. The van der Waals surface area contributed by atoms with Gasteiger partial charge in [0.2, 0.25) is 15.9 Å². The number of hydrogen-bond donors (Lipinski definition) is 3. The average molecular weight is 301 g/mol. The molecule has 1 aromatic carbocycles. The van der Waals surface area contributed by atoms with Gasteiger partial charge >= 0.3 is 0 Å². The Labute approximate surface area is 117 Å². The van der Waals surface area contributed by atoms with Crippen molar-refractivity contribution in [3.8, 4) is 0 Å². The van der Waals surface area contributed by atoms with Crippen LogP contribution in [-0.4, -0.2) is 19.3 Å². The minimum Gasteiger partial charge on any atom is -0.392 e. The van der Waals surface area contributed by atoms with Crippen LogP contribution >= 0.6 is 12.2 Å². The van der Waals surface area contributed by atoms with Gasteiger partial charge in [0.05, 0.1) is 15.3 Å². The topological polar surface area (TPSA) is 115 Å². The Balaban J connectivity index is 3.02. The second-order valence-electron chi connectivity index (χ2n) is 4.52. The number of thiocarbonyl (C=S) groups is 1. The van der Waals surface area contributed by atoms with Gasteiger partial charge in [0.15, 0.2) is 0 Å². The highest BCUT2D eigenvalue weighted by molar-refractivity contribution is 7.89. The summed E-state index contributed by atoms with van der Waals surface area (Å²) >= 11 is 4.81. The predicted octanol–water partition coefficient (Wildman–Crippen LogP) is 0.585. The largest absolute Gasteiger partial charge is 0.392 e. The molecule has 0 heterocycles. The van der Waals surface area contributed by atoms with Gasteiger partial charge in [0, 0.05) is 5.69 Å². The predicted molar refractivity (Wildman–Crippen MR) is 77.0 cm³/mol. The molecule has 0 aliphatic heterocycles. The lowest BCUT2D eigenvalue weighted by Crippen LogP contribution is -2.41.